The normalized spacial score (nSPS) is 12.6. The Morgan fingerprint density at radius 2 is 2.06 bits per heavy atom. The molecule has 1 unspecified atom stereocenters. The van der Waals surface area contributed by atoms with Gasteiger partial charge in [-0.3, -0.25) is 0 Å². The van der Waals surface area contributed by atoms with Gasteiger partial charge in [0.1, 0.15) is 0 Å². The minimum Gasteiger partial charge on any atom is -0.393 e. The van der Waals surface area contributed by atoms with Gasteiger partial charge in [0.15, 0.2) is 0 Å². The summed E-state index contributed by atoms with van der Waals surface area (Å²) in [5, 5.41) is 9.94. The summed E-state index contributed by atoms with van der Waals surface area (Å²) in [6.07, 6.45) is 6.63. The van der Waals surface area contributed by atoms with Gasteiger partial charge in [0, 0.05) is 18.9 Å². The van der Waals surface area contributed by atoms with Crippen LogP contribution < -0.4 is 0 Å². The lowest BCUT2D eigenvalue weighted by molar-refractivity contribution is 0.158. The minimum atomic E-state index is -0.292. The van der Waals surface area contributed by atoms with Crippen molar-refractivity contribution in [3.8, 4) is 0 Å². The lowest BCUT2D eigenvalue weighted by Gasteiger charge is -2.11. The third kappa shape index (κ3) is 3.71. The van der Waals surface area contributed by atoms with Gasteiger partial charge in [0.25, 0.3) is 0 Å². The fourth-order valence-electron chi connectivity index (χ4n) is 1.82. The number of hydrogen-bond donors (Lipinski definition) is 1. The van der Waals surface area contributed by atoms with Crippen LogP contribution in [0.1, 0.15) is 17.5 Å². The number of aliphatic hydroxyl groups excluding tert-OH is 1. The van der Waals surface area contributed by atoms with E-state index >= 15 is 0 Å². The van der Waals surface area contributed by atoms with Crippen molar-refractivity contribution in [1.82, 2.24) is 9.55 Å². The van der Waals surface area contributed by atoms with Gasteiger partial charge in [-0.2, -0.15) is 0 Å². The fourth-order valence-corrected chi connectivity index (χ4v) is 1.82. The second kappa shape index (κ2) is 5.64. The quantitative estimate of drug-likeness (QED) is 0.855. The molecule has 3 heteroatoms. The van der Waals surface area contributed by atoms with E-state index in [2.05, 4.69) is 36.2 Å². The molecule has 1 aromatic heterocycles. The Hall–Kier alpha value is -1.61. The second-order valence-corrected chi connectivity index (χ2v) is 4.43. The van der Waals surface area contributed by atoms with E-state index in [1.54, 1.807) is 12.5 Å². The lowest BCUT2D eigenvalue weighted by atomic mass is 10.0. The summed E-state index contributed by atoms with van der Waals surface area (Å²) in [4.78, 5) is 3.98. The number of aromatic nitrogens is 2. The van der Waals surface area contributed by atoms with E-state index in [-0.39, 0.29) is 6.10 Å². The Bertz CT molecular complexity index is 434. The molecule has 0 fully saturated rings. The number of benzene rings is 1. The highest BCUT2D eigenvalue weighted by molar-refractivity contribution is 5.21. The summed E-state index contributed by atoms with van der Waals surface area (Å²) in [5.74, 6) is 0. The van der Waals surface area contributed by atoms with Gasteiger partial charge in [-0.15, -0.1) is 0 Å². The van der Waals surface area contributed by atoms with Crippen molar-refractivity contribution in [3.05, 3.63) is 54.1 Å². The smallest absolute Gasteiger partial charge is 0.0945 e. The first-order valence-corrected chi connectivity index (χ1v) is 5.93. The average Bonchev–Trinajstić information content (AvgIpc) is 2.83. The zero-order valence-corrected chi connectivity index (χ0v) is 10.1. The van der Waals surface area contributed by atoms with E-state index < -0.39 is 0 Å². The summed E-state index contributed by atoms with van der Waals surface area (Å²) in [6.45, 7) is 2.88. The second-order valence-electron chi connectivity index (χ2n) is 4.43. The molecule has 0 aliphatic rings. The summed E-state index contributed by atoms with van der Waals surface area (Å²) in [5.41, 5.74) is 2.44. The van der Waals surface area contributed by atoms with Gasteiger partial charge in [-0.25, -0.2) is 4.98 Å². The molecule has 3 nitrogen and oxygen atoms in total. The van der Waals surface area contributed by atoms with E-state index in [4.69, 9.17) is 0 Å². The Labute approximate surface area is 102 Å². The Morgan fingerprint density at radius 3 is 2.71 bits per heavy atom. The SMILES string of the molecule is Cc1ccc(CC(O)CCn2ccnc2)cc1. The van der Waals surface area contributed by atoms with Crippen LogP contribution in [0, 0.1) is 6.92 Å². The van der Waals surface area contributed by atoms with Crippen molar-refractivity contribution in [3.63, 3.8) is 0 Å². The predicted molar refractivity (Wildman–Crippen MR) is 67.7 cm³/mol. The standard InChI is InChI=1S/C14H18N2O/c1-12-2-4-13(5-3-12)10-14(17)6-8-16-9-7-15-11-16/h2-5,7,9,11,14,17H,6,8,10H2,1H3. The van der Waals surface area contributed by atoms with Crippen molar-refractivity contribution in [1.29, 1.82) is 0 Å². The number of rotatable bonds is 5. The van der Waals surface area contributed by atoms with Crippen LogP contribution in [0.15, 0.2) is 43.0 Å². The molecule has 0 aliphatic heterocycles. The molecule has 0 bridgehead atoms. The summed E-state index contributed by atoms with van der Waals surface area (Å²) in [7, 11) is 0. The highest BCUT2D eigenvalue weighted by Gasteiger charge is 2.05. The molecule has 90 valence electrons. The molecule has 2 aromatic rings. The highest BCUT2D eigenvalue weighted by Crippen LogP contribution is 2.08. The molecule has 1 N–H and O–H groups in total. The fraction of sp³-hybridized carbons (Fsp3) is 0.357. The first kappa shape index (κ1) is 11.9. The lowest BCUT2D eigenvalue weighted by Crippen LogP contribution is -2.13. The predicted octanol–water partition coefficient (Wildman–Crippen LogP) is 2.19. The number of hydrogen-bond acceptors (Lipinski definition) is 2. The molecule has 2 rings (SSSR count). The summed E-state index contributed by atoms with van der Waals surface area (Å²) >= 11 is 0. The van der Waals surface area contributed by atoms with Crippen LogP contribution in [0.25, 0.3) is 0 Å². The topological polar surface area (TPSA) is 38.0 Å². The number of nitrogens with zero attached hydrogens (tertiary/aromatic N) is 2. The number of aliphatic hydroxyl groups is 1. The van der Waals surface area contributed by atoms with Crippen LogP contribution in [-0.2, 0) is 13.0 Å². The van der Waals surface area contributed by atoms with Gasteiger partial charge in [0.05, 0.1) is 12.4 Å². The maximum absolute atomic E-state index is 9.94. The first-order chi connectivity index (χ1) is 8.24. The van der Waals surface area contributed by atoms with Crippen LogP contribution in [0.5, 0.6) is 0 Å². The monoisotopic (exact) mass is 230 g/mol. The molecular formula is C14H18N2O. The number of aryl methyl sites for hydroxylation is 2. The molecule has 0 saturated carbocycles. The van der Waals surface area contributed by atoms with E-state index in [0.29, 0.717) is 0 Å². The van der Waals surface area contributed by atoms with Gasteiger partial charge in [0.2, 0.25) is 0 Å². The Morgan fingerprint density at radius 1 is 1.29 bits per heavy atom. The zero-order chi connectivity index (χ0) is 12.1. The van der Waals surface area contributed by atoms with Crippen LogP contribution in [0.4, 0.5) is 0 Å². The summed E-state index contributed by atoms with van der Waals surface area (Å²) < 4.78 is 1.98. The van der Waals surface area contributed by atoms with Crippen molar-refractivity contribution in [2.75, 3.05) is 0 Å². The molecule has 17 heavy (non-hydrogen) atoms. The molecule has 1 heterocycles. The molecule has 0 aliphatic carbocycles. The first-order valence-electron chi connectivity index (χ1n) is 5.93. The van der Waals surface area contributed by atoms with Gasteiger partial charge >= 0.3 is 0 Å². The molecule has 0 spiro atoms. The van der Waals surface area contributed by atoms with E-state index in [9.17, 15) is 5.11 Å². The van der Waals surface area contributed by atoms with Crippen molar-refractivity contribution < 1.29 is 5.11 Å². The summed E-state index contributed by atoms with van der Waals surface area (Å²) in [6, 6.07) is 8.32. The van der Waals surface area contributed by atoms with Crippen molar-refractivity contribution >= 4 is 0 Å². The van der Waals surface area contributed by atoms with Crippen molar-refractivity contribution in [2.45, 2.75) is 32.4 Å². The number of imidazole rings is 1. The Kier molecular flexibility index (Phi) is 3.94. The van der Waals surface area contributed by atoms with Crippen molar-refractivity contribution in [2.24, 2.45) is 0 Å². The zero-order valence-electron chi connectivity index (χ0n) is 10.1. The molecule has 0 saturated heterocycles. The van der Waals surface area contributed by atoms with Crippen LogP contribution in [-0.4, -0.2) is 20.8 Å². The Balaban J connectivity index is 1.80. The third-order valence-corrected chi connectivity index (χ3v) is 2.87. The van der Waals surface area contributed by atoms with Gasteiger partial charge in [-0.1, -0.05) is 29.8 Å². The average molecular weight is 230 g/mol. The maximum atomic E-state index is 9.94. The van der Waals surface area contributed by atoms with E-state index in [1.807, 2.05) is 10.8 Å². The van der Waals surface area contributed by atoms with Gasteiger partial charge < -0.3 is 9.67 Å². The molecular weight excluding hydrogens is 212 g/mol. The molecule has 1 atom stereocenters. The minimum absolute atomic E-state index is 0.292. The third-order valence-electron chi connectivity index (χ3n) is 2.87. The van der Waals surface area contributed by atoms with E-state index in [1.165, 1.54) is 11.1 Å². The van der Waals surface area contributed by atoms with E-state index in [0.717, 1.165) is 19.4 Å². The molecule has 0 radical (unpaired) electrons. The highest BCUT2D eigenvalue weighted by atomic mass is 16.3. The largest absolute Gasteiger partial charge is 0.393 e. The van der Waals surface area contributed by atoms with Crippen LogP contribution >= 0.6 is 0 Å². The molecule has 0 amide bonds. The molecule has 1 aromatic carbocycles. The van der Waals surface area contributed by atoms with Gasteiger partial charge in [-0.05, 0) is 25.3 Å². The van der Waals surface area contributed by atoms with Crippen LogP contribution in [0.3, 0.4) is 0 Å². The van der Waals surface area contributed by atoms with Crippen LogP contribution in [0.2, 0.25) is 0 Å². The maximum Gasteiger partial charge on any atom is 0.0945 e.